The number of hydrogen-bond acceptors (Lipinski definition) is 3. The molecule has 0 heterocycles. The molecule has 0 saturated carbocycles. The van der Waals surface area contributed by atoms with Crippen LogP contribution in [0.2, 0.25) is 5.02 Å². The molecule has 1 aromatic carbocycles. The summed E-state index contributed by atoms with van der Waals surface area (Å²) >= 11 is 5.84. The van der Waals surface area contributed by atoms with Crippen LogP contribution in [0.5, 0.6) is 0 Å². The van der Waals surface area contributed by atoms with Crippen LogP contribution in [0.3, 0.4) is 0 Å². The van der Waals surface area contributed by atoms with Gasteiger partial charge in [-0.25, -0.2) is 9.59 Å². The fourth-order valence-corrected chi connectivity index (χ4v) is 1.81. The second-order valence-electron chi connectivity index (χ2n) is 4.15. The van der Waals surface area contributed by atoms with Crippen LogP contribution >= 0.6 is 11.6 Å². The first-order chi connectivity index (χ1) is 9.99. The van der Waals surface area contributed by atoms with Gasteiger partial charge in [0.25, 0.3) is 0 Å². The number of nitrogens with zero attached hydrogens (tertiary/aromatic N) is 1. The maximum absolute atomic E-state index is 12.2. The van der Waals surface area contributed by atoms with Crippen molar-refractivity contribution in [2.24, 2.45) is 0 Å². The fraction of sp³-hybridized carbons (Fsp3) is 0.286. The highest BCUT2D eigenvalue weighted by Crippen LogP contribution is 2.21. The summed E-state index contributed by atoms with van der Waals surface area (Å²) in [7, 11) is 1.53. The molecule has 21 heavy (non-hydrogen) atoms. The third-order valence-corrected chi connectivity index (χ3v) is 2.89. The zero-order chi connectivity index (χ0) is 15.8. The lowest BCUT2D eigenvalue weighted by Crippen LogP contribution is -2.37. The average Bonchev–Trinajstić information content (AvgIpc) is 2.43. The highest BCUT2D eigenvalue weighted by Gasteiger charge is 2.16. The smallest absolute Gasteiger partial charge is 0.337 e. The van der Waals surface area contributed by atoms with Crippen LogP contribution in [0, 0.1) is 0 Å². The van der Waals surface area contributed by atoms with Crippen molar-refractivity contribution in [3.63, 3.8) is 0 Å². The van der Waals surface area contributed by atoms with Crippen molar-refractivity contribution < 1.29 is 19.4 Å². The normalized spacial score (nSPS) is 10.0. The van der Waals surface area contributed by atoms with Gasteiger partial charge in [-0.3, -0.25) is 0 Å². The van der Waals surface area contributed by atoms with Crippen molar-refractivity contribution in [3.8, 4) is 0 Å². The minimum absolute atomic E-state index is 0.0296. The predicted molar refractivity (Wildman–Crippen MR) is 81.1 cm³/mol. The second kappa shape index (κ2) is 8.28. The van der Waals surface area contributed by atoms with Gasteiger partial charge < -0.3 is 20.1 Å². The monoisotopic (exact) mass is 312 g/mol. The van der Waals surface area contributed by atoms with E-state index in [1.54, 1.807) is 6.08 Å². The molecule has 0 aliphatic rings. The number of halogens is 1. The van der Waals surface area contributed by atoms with E-state index in [0.29, 0.717) is 24.7 Å². The van der Waals surface area contributed by atoms with Crippen LogP contribution in [0.25, 0.3) is 0 Å². The summed E-state index contributed by atoms with van der Waals surface area (Å²) in [6.07, 6.45) is 1.57. The number of carboxylic acid groups (broad SMARTS) is 1. The number of amides is 2. The first-order valence-electron chi connectivity index (χ1n) is 6.18. The van der Waals surface area contributed by atoms with Gasteiger partial charge in [0, 0.05) is 25.2 Å². The van der Waals surface area contributed by atoms with Crippen LogP contribution in [0.15, 0.2) is 30.9 Å². The second-order valence-corrected chi connectivity index (χ2v) is 4.59. The Bertz CT molecular complexity index is 534. The van der Waals surface area contributed by atoms with Crippen LogP contribution in [0.1, 0.15) is 10.4 Å². The number of methoxy groups -OCH3 is 1. The number of urea groups is 1. The zero-order valence-corrected chi connectivity index (χ0v) is 12.4. The molecule has 0 aromatic heterocycles. The molecule has 0 spiro atoms. The summed E-state index contributed by atoms with van der Waals surface area (Å²) in [6.45, 7) is 4.62. The van der Waals surface area contributed by atoms with E-state index in [4.69, 9.17) is 21.4 Å². The van der Waals surface area contributed by atoms with Crippen molar-refractivity contribution in [1.82, 2.24) is 4.90 Å². The SMILES string of the molecule is C=CCN(CCOC)C(=O)Nc1cc(Cl)ccc1C(=O)O. The van der Waals surface area contributed by atoms with E-state index in [2.05, 4.69) is 11.9 Å². The molecule has 0 fully saturated rings. The summed E-state index contributed by atoms with van der Waals surface area (Å²) in [6, 6.07) is 3.74. The first-order valence-corrected chi connectivity index (χ1v) is 6.56. The fourth-order valence-electron chi connectivity index (χ4n) is 1.63. The Morgan fingerprint density at radius 2 is 2.24 bits per heavy atom. The Morgan fingerprint density at radius 1 is 1.52 bits per heavy atom. The molecular formula is C14H17ClN2O4. The van der Waals surface area contributed by atoms with Crippen LogP contribution in [0.4, 0.5) is 10.5 Å². The lowest BCUT2D eigenvalue weighted by molar-refractivity contribution is 0.0698. The third-order valence-electron chi connectivity index (χ3n) is 2.66. The standard InChI is InChI=1S/C14H17ClN2O4/c1-3-6-17(7-8-21-2)14(20)16-12-9-10(15)4-5-11(12)13(18)19/h3-5,9H,1,6-8H2,2H3,(H,16,20)(H,18,19). The van der Waals surface area contributed by atoms with E-state index in [0.717, 1.165) is 0 Å². The molecule has 0 aliphatic heterocycles. The highest BCUT2D eigenvalue weighted by atomic mass is 35.5. The number of rotatable bonds is 7. The lowest BCUT2D eigenvalue weighted by atomic mass is 10.2. The number of benzene rings is 1. The molecule has 0 saturated heterocycles. The van der Waals surface area contributed by atoms with Gasteiger partial charge in [-0.1, -0.05) is 17.7 Å². The molecule has 0 bridgehead atoms. The maximum atomic E-state index is 12.2. The van der Waals surface area contributed by atoms with Gasteiger partial charge in [0.05, 0.1) is 17.9 Å². The molecule has 1 rings (SSSR count). The molecule has 114 valence electrons. The quantitative estimate of drug-likeness (QED) is 0.759. The molecule has 2 N–H and O–H groups in total. The lowest BCUT2D eigenvalue weighted by Gasteiger charge is -2.21. The van der Waals surface area contributed by atoms with E-state index in [1.165, 1.54) is 30.2 Å². The molecule has 7 heteroatoms. The first kappa shape index (κ1) is 17.0. The summed E-state index contributed by atoms with van der Waals surface area (Å²) in [5.41, 5.74) is 0.115. The van der Waals surface area contributed by atoms with Gasteiger partial charge >= 0.3 is 12.0 Å². The number of carbonyl (C=O) groups is 2. The minimum Gasteiger partial charge on any atom is -0.478 e. The number of ether oxygens (including phenoxy) is 1. The highest BCUT2D eigenvalue weighted by molar-refractivity contribution is 6.31. The van der Waals surface area contributed by atoms with Crippen molar-refractivity contribution in [3.05, 3.63) is 41.4 Å². The number of hydrogen-bond donors (Lipinski definition) is 2. The minimum atomic E-state index is -1.14. The van der Waals surface area contributed by atoms with E-state index >= 15 is 0 Å². The topological polar surface area (TPSA) is 78.9 Å². The number of carbonyl (C=O) groups excluding carboxylic acids is 1. The summed E-state index contributed by atoms with van der Waals surface area (Å²) in [4.78, 5) is 24.8. The Hall–Kier alpha value is -2.05. The molecule has 0 aliphatic carbocycles. The molecule has 0 atom stereocenters. The Balaban J connectivity index is 2.91. The predicted octanol–water partition coefficient (Wildman–Crippen LogP) is 2.70. The van der Waals surface area contributed by atoms with Crippen LogP contribution in [-0.4, -0.2) is 48.8 Å². The van der Waals surface area contributed by atoms with Gasteiger partial charge in [-0.15, -0.1) is 6.58 Å². The number of aromatic carboxylic acids is 1. The van der Waals surface area contributed by atoms with Crippen LogP contribution in [-0.2, 0) is 4.74 Å². The van der Waals surface area contributed by atoms with Gasteiger partial charge in [0.15, 0.2) is 0 Å². The van der Waals surface area contributed by atoms with Gasteiger partial charge in [0.1, 0.15) is 0 Å². The van der Waals surface area contributed by atoms with Crippen molar-refractivity contribution in [2.45, 2.75) is 0 Å². The molecule has 6 nitrogen and oxygen atoms in total. The molecule has 0 radical (unpaired) electrons. The zero-order valence-electron chi connectivity index (χ0n) is 11.6. The van der Waals surface area contributed by atoms with Crippen molar-refractivity contribution >= 4 is 29.3 Å². The van der Waals surface area contributed by atoms with E-state index < -0.39 is 12.0 Å². The Labute approximate surface area is 128 Å². The summed E-state index contributed by atoms with van der Waals surface area (Å²) in [5.74, 6) is -1.14. The maximum Gasteiger partial charge on any atom is 0.337 e. The van der Waals surface area contributed by atoms with Gasteiger partial charge in [0.2, 0.25) is 0 Å². The number of nitrogens with one attached hydrogen (secondary N) is 1. The molecule has 0 unspecified atom stereocenters. The van der Waals surface area contributed by atoms with E-state index in [9.17, 15) is 9.59 Å². The summed E-state index contributed by atoms with van der Waals surface area (Å²) < 4.78 is 4.93. The number of anilines is 1. The molecule has 2 amide bonds. The average molecular weight is 313 g/mol. The molecule has 1 aromatic rings. The largest absolute Gasteiger partial charge is 0.478 e. The Kier molecular flexibility index (Phi) is 6.71. The molecular weight excluding hydrogens is 296 g/mol. The van der Waals surface area contributed by atoms with Crippen LogP contribution < -0.4 is 5.32 Å². The van der Waals surface area contributed by atoms with E-state index in [1.807, 2.05) is 0 Å². The van der Waals surface area contributed by atoms with Crippen molar-refractivity contribution in [1.29, 1.82) is 0 Å². The summed E-state index contributed by atoms with van der Waals surface area (Å²) in [5, 5.41) is 12.0. The van der Waals surface area contributed by atoms with Gasteiger partial charge in [-0.2, -0.15) is 0 Å². The Morgan fingerprint density at radius 3 is 2.81 bits per heavy atom. The van der Waals surface area contributed by atoms with Gasteiger partial charge in [-0.05, 0) is 18.2 Å². The third kappa shape index (κ3) is 5.09. The van der Waals surface area contributed by atoms with E-state index in [-0.39, 0.29) is 11.3 Å². The number of carboxylic acids is 1. The van der Waals surface area contributed by atoms with Crippen molar-refractivity contribution in [2.75, 3.05) is 32.1 Å².